The van der Waals surface area contributed by atoms with Crippen LogP contribution in [0.4, 0.5) is 0 Å². The fraction of sp³-hybridized carbons (Fsp3) is 0.333. The Balaban J connectivity index is 2.13. The van der Waals surface area contributed by atoms with Gasteiger partial charge < -0.3 is 5.73 Å². The summed E-state index contributed by atoms with van der Waals surface area (Å²) in [5.74, 6) is 0.989. The fourth-order valence-electron chi connectivity index (χ4n) is 2.39. The number of nitrogens with two attached hydrogens (primary N) is 1. The molecule has 100 valence electrons. The molecular weight excluding hydrogens is 230 g/mol. The topological polar surface area (TPSA) is 26.0 Å². The molecule has 0 aliphatic heterocycles. The quantitative estimate of drug-likeness (QED) is 0.853. The molecule has 0 aliphatic carbocycles. The third-order valence-corrected chi connectivity index (χ3v) is 3.68. The Labute approximate surface area is 116 Å². The Kier molecular flexibility index (Phi) is 4.75. The van der Waals surface area contributed by atoms with Crippen molar-refractivity contribution in [1.29, 1.82) is 0 Å². The second-order valence-corrected chi connectivity index (χ2v) is 5.44. The van der Waals surface area contributed by atoms with Crippen LogP contribution >= 0.6 is 0 Å². The van der Waals surface area contributed by atoms with E-state index >= 15 is 0 Å². The van der Waals surface area contributed by atoms with Crippen LogP contribution in [0.25, 0.3) is 0 Å². The number of benzene rings is 2. The van der Waals surface area contributed by atoms with E-state index in [0.29, 0.717) is 18.4 Å². The van der Waals surface area contributed by atoms with Crippen LogP contribution in [0.3, 0.4) is 0 Å². The summed E-state index contributed by atoms with van der Waals surface area (Å²) in [5, 5.41) is 0. The van der Waals surface area contributed by atoms with Gasteiger partial charge in [-0.1, -0.05) is 68.4 Å². The third-order valence-electron chi connectivity index (χ3n) is 3.68. The van der Waals surface area contributed by atoms with Gasteiger partial charge in [-0.3, -0.25) is 0 Å². The maximum Gasteiger partial charge on any atom is 0.000157 e. The molecule has 2 N–H and O–H groups in total. The summed E-state index contributed by atoms with van der Waals surface area (Å²) in [5.41, 5.74) is 10.0. The molecule has 0 aromatic heterocycles. The molecule has 0 bridgehead atoms. The van der Waals surface area contributed by atoms with Crippen LogP contribution in [-0.2, 0) is 6.42 Å². The molecule has 0 aliphatic rings. The molecule has 0 amide bonds. The standard InChI is InChI=1S/C18H23N/c1-14(2)16-8-10-17(11-9-16)18(13-19)12-15-6-4-3-5-7-15/h3-11,14,18H,12-13,19H2,1-2H3. The monoisotopic (exact) mass is 253 g/mol. The predicted octanol–water partition coefficient (Wildman–Crippen LogP) is 4.10. The summed E-state index contributed by atoms with van der Waals surface area (Å²) in [7, 11) is 0. The van der Waals surface area contributed by atoms with Crippen LogP contribution < -0.4 is 5.73 Å². The molecule has 0 spiro atoms. The van der Waals surface area contributed by atoms with E-state index in [4.69, 9.17) is 5.73 Å². The highest BCUT2D eigenvalue weighted by molar-refractivity contribution is 5.29. The Morgan fingerprint density at radius 1 is 0.842 bits per heavy atom. The van der Waals surface area contributed by atoms with Gasteiger partial charge in [0.1, 0.15) is 0 Å². The second-order valence-electron chi connectivity index (χ2n) is 5.44. The van der Waals surface area contributed by atoms with Crippen LogP contribution in [0.5, 0.6) is 0 Å². The maximum atomic E-state index is 5.95. The molecule has 0 saturated carbocycles. The van der Waals surface area contributed by atoms with E-state index < -0.39 is 0 Å². The molecule has 2 aromatic rings. The molecule has 19 heavy (non-hydrogen) atoms. The van der Waals surface area contributed by atoms with Gasteiger partial charge in [0.05, 0.1) is 0 Å². The smallest absolute Gasteiger partial charge is 0.000157 e. The summed E-state index contributed by atoms with van der Waals surface area (Å²) in [6.07, 6.45) is 1.01. The van der Waals surface area contributed by atoms with Crippen LogP contribution in [-0.4, -0.2) is 6.54 Å². The first-order chi connectivity index (χ1) is 9.20. The summed E-state index contributed by atoms with van der Waals surface area (Å²) >= 11 is 0. The average Bonchev–Trinajstić information content (AvgIpc) is 2.46. The molecule has 0 saturated heterocycles. The Hall–Kier alpha value is -1.60. The van der Waals surface area contributed by atoms with Gasteiger partial charge >= 0.3 is 0 Å². The lowest BCUT2D eigenvalue weighted by molar-refractivity contribution is 0.693. The minimum absolute atomic E-state index is 0.406. The van der Waals surface area contributed by atoms with Crippen molar-refractivity contribution in [2.45, 2.75) is 32.1 Å². The van der Waals surface area contributed by atoms with Crippen molar-refractivity contribution < 1.29 is 0 Å². The van der Waals surface area contributed by atoms with Crippen molar-refractivity contribution in [3.63, 3.8) is 0 Å². The molecule has 1 atom stereocenters. The highest BCUT2D eigenvalue weighted by Gasteiger charge is 2.11. The summed E-state index contributed by atoms with van der Waals surface area (Å²) in [6, 6.07) is 19.5. The van der Waals surface area contributed by atoms with Gasteiger partial charge in [0, 0.05) is 5.92 Å². The fourth-order valence-corrected chi connectivity index (χ4v) is 2.39. The molecule has 0 fully saturated rings. The summed E-state index contributed by atoms with van der Waals surface area (Å²) in [4.78, 5) is 0. The summed E-state index contributed by atoms with van der Waals surface area (Å²) in [6.45, 7) is 5.13. The molecule has 2 rings (SSSR count). The van der Waals surface area contributed by atoms with E-state index in [-0.39, 0.29) is 0 Å². The van der Waals surface area contributed by atoms with E-state index in [1.807, 2.05) is 0 Å². The normalized spacial score (nSPS) is 12.6. The van der Waals surface area contributed by atoms with Crippen molar-refractivity contribution in [2.75, 3.05) is 6.54 Å². The minimum Gasteiger partial charge on any atom is -0.330 e. The van der Waals surface area contributed by atoms with Crippen molar-refractivity contribution in [3.05, 3.63) is 71.3 Å². The highest BCUT2D eigenvalue weighted by Crippen LogP contribution is 2.22. The van der Waals surface area contributed by atoms with Gasteiger partial charge in [-0.05, 0) is 35.6 Å². The van der Waals surface area contributed by atoms with E-state index in [1.54, 1.807) is 0 Å². The lowest BCUT2D eigenvalue weighted by Crippen LogP contribution is -2.15. The highest BCUT2D eigenvalue weighted by atomic mass is 14.5. The van der Waals surface area contributed by atoms with Crippen molar-refractivity contribution in [1.82, 2.24) is 0 Å². The van der Waals surface area contributed by atoms with Crippen LogP contribution in [0.15, 0.2) is 54.6 Å². The van der Waals surface area contributed by atoms with Crippen LogP contribution in [0.2, 0.25) is 0 Å². The number of hydrogen-bond acceptors (Lipinski definition) is 1. The number of rotatable bonds is 5. The average molecular weight is 253 g/mol. The molecule has 0 heterocycles. The van der Waals surface area contributed by atoms with Crippen LogP contribution in [0, 0.1) is 0 Å². The van der Waals surface area contributed by atoms with E-state index in [1.165, 1.54) is 16.7 Å². The zero-order valence-corrected chi connectivity index (χ0v) is 11.8. The number of hydrogen-bond donors (Lipinski definition) is 1. The second kappa shape index (κ2) is 6.53. The lowest BCUT2D eigenvalue weighted by Gasteiger charge is -2.16. The maximum absolute atomic E-state index is 5.95. The van der Waals surface area contributed by atoms with Crippen LogP contribution in [0.1, 0.15) is 42.4 Å². The Bertz CT molecular complexity index is 485. The molecule has 1 heteroatoms. The lowest BCUT2D eigenvalue weighted by atomic mass is 9.90. The molecule has 2 aromatic carbocycles. The predicted molar refractivity (Wildman–Crippen MR) is 82.5 cm³/mol. The van der Waals surface area contributed by atoms with E-state index in [0.717, 1.165) is 6.42 Å². The molecule has 1 unspecified atom stereocenters. The largest absolute Gasteiger partial charge is 0.330 e. The van der Waals surface area contributed by atoms with Gasteiger partial charge in [-0.25, -0.2) is 0 Å². The van der Waals surface area contributed by atoms with E-state index in [9.17, 15) is 0 Å². The first kappa shape index (κ1) is 13.8. The van der Waals surface area contributed by atoms with Gasteiger partial charge in [0.2, 0.25) is 0 Å². The zero-order chi connectivity index (χ0) is 13.7. The van der Waals surface area contributed by atoms with Crippen molar-refractivity contribution in [2.24, 2.45) is 5.73 Å². The Morgan fingerprint density at radius 2 is 1.42 bits per heavy atom. The Morgan fingerprint density at radius 3 is 1.95 bits per heavy atom. The van der Waals surface area contributed by atoms with Gasteiger partial charge in [0.15, 0.2) is 0 Å². The van der Waals surface area contributed by atoms with Crippen molar-refractivity contribution >= 4 is 0 Å². The molecular formula is C18H23N. The van der Waals surface area contributed by atoms with Gasteiger partial charge in [0.25, 0.3) is 0 Å². The first-order valence-corrected chi connectivity index (χ1v) is 7.04. The van der Waals surface area contributed by atoms with Gasteiger partial charge in [-0.2, -0.15) is 0 Å². The minimum atomic E-state index is 0.406. The van der Waals surface area contributed by atoms with Crippen molar-refractivity contribution in [3.8, 4) is 0 Å². The molecule has 0 radical (unpaired) electrons. The summed E-state index contributed by atoms with van der Waals surface area (Å²) < 4.78 is 0. The molecule has 1 nitrogen and oxygen atoms in total. The first-order valence-electron chi connectivity index (χ1n) is 7.04. The zero-order valence-electron chi connectivity index (χ0n) is 11.8. The van der Waals surface area contributed by atoms with E-state index in [2.05, 4.69) is 68.4 Å². The van der Waals surface area contributed by atoms with Gasteiger partial charge in [-0.15, -0.1) is 0 Å². The SMILES string of the molecule is CC(C)c1ccc(C(CN)Cc2ccccc2)cc1. The third kappa shape index (κ3) is 3.68.